The van der Waals surface area contributed by atoms with Crippen molar-refractivity contribution < 1.29 is 115 Å². The van der Waals surface area contributed by atoms with Gasteiger partial charge in [-0.1, -0.05) is 71.1 Å². The molecule has 431 valence electrons. The summed E-state index contributed by atoms with van der Waals surface area (Å²) in [6, 6.07) is -1.22. The van der Waals surface area contributed by atoms with E-state index in [1.54, 1.807) is 40.9 Å². The van der Waals surface area contributed by atoms with Crippen LogP contribution in [0, 0.1) is 47.8 Å². The molecule has 1 saturated carbocycles. The molecular formula is C58H88NO17Y-. The van der Waals surface area contributed by atoms with Crippen LogP contribution in [0.1, 0.15) is 132 Å². The topological polar surface area (TPSA) is 248 Å². The predicted octanol–water partition coefficient (Wildman–Crippen LogP) is 6.10. The van der Waals surface area contributed by atoms with Gasteiger partial charge in [0.2, 0.25) is 5.79 Å². The van der Waals surface area contributed by atoms with E-state index in [2.05, 4.69) is 6.92 Å². The van der Waals surface area contributed by atoms with Crippen molar-refractivity contribution in [3.05, 3.63) is 54.5 Å². The van der Waals surface area contributed by atoms with Crippen LogP contribution in [0.5, 0.6) is 0 Å². The maximum absolute atomic E-state index is 14.6. The van der Waals surface area contributed by atoms with E-state index in [1.807, 2.05) is 51.2 Å². The summed E-state index contributed by atoms with van der Waals surface area (Å²) in [7, 11) is 4.40. The maximum Gasteiger partial charge on any atom is 0.329 e. The summed E-state index contributed by atoms with van der Waals surface area (Å²) in [6.07, 6.45) is 9.37. The normalized spacial score (nSPS) is 36.5. The first-order chi connectivity index (χ1) is 35.8. The van der Waals surface area contributed by atoms with Crippen LogP contribution in [0.4, 0.5) is 0 Å². The molecule has 3 heterocycles. The number of hydrogen-bond donors (Lipinski definition) is 3. The third-order valence-corrected chi connectivity index (χ3v) is 16.1. The number of aliphatic hydroxyl groups excluding tert-OH is 2. The molecule has 18 nitrogen and oxygen atoms in total. The third-order valence-electron chi connectivity index (χ3n) is 16.1. The molecule has 0 aromatic heterocycles. The Bertz CT molecular complexity index is 2140. The van der Waals surface area contributed by atoms with E-state index in [0.717, 1.165) is 10.5 Å². The minimum Gasteiger partial charge on any atom is -0.487 e. The van der Waals surface area contributed by atoms with E-state index < -0.39 is 126 Å². The number of esters is 3. The molecule has 77 heavy (non-hydrogen) atoms. The number of carbonyl (C=O) groups is 7. The van der Waals surface area contributed by atoms with Crippen LogP contribution >= 0.6 is 0 Å². The summed E-state index contributed by atoms with van der Waals surface area (Å²) in [5, 5.41) is 33.6. The van der Waals surface area contributed by atoms with Gasteiger partial charge in [0.05, 0.1) is 24.9 Å². The van der Waals surface area contributed by atoms with Crippen molar-refractivity contribution in [1.82, 2.24) is 4.90 Å². The number of methoxy groups -OCH3 is 3. The molecule has 3 fully saturated rings. The number of aliphatic hydroxyl groups is 3. The van der Waals surface area contributed by atoms with E-state index in [9.17, 15) is 48.9 Å². The van der Waals surface area contributed by atoms with Crippen LogP contribution in [0.3, 0.4) is 0 Å². The molecule has 1 radical (unpaired) electrons. The molecule has 0 aromatic carbocycles. The minimum atomic E-state index is -2.48. The van der Waals surface area contributed by atoms with Gasteiger partial charge in [-0.3, -0.25) is 35.7 Å². The molecule has 0 aromatic rings. The van der Waals surface area contributed by atoms with Gasteiger partial charge in [0.1, 0.15) is 48.3 Å². The zero-order valence-corrected chi connectivity index (χ0v) is 50.3. The Morgan fingerprint density at radius 3 is 2.23 bits per heavy atom. The summed E-state index contributed by atoms with van der Waals surface area (Å²) in [4.78, 5) is 97.3. The van der Waals surface area contributed by atoms with Gasteiger partial charge in [-0.15, -0.1) is 0 Å². The maximum atomic E-state index is 14.6. The fraction of sp³-hybridized carbons (Fsp3) is 0.724. The van der Waals surface area contributed by atoms with E-state index in [-0.39, 0.29) is 81.9 Å². The second kappa shape index (κ2) is 31.5. The number of carbonyl (C=O) groups excluding carboxylic acids is 7. The number of amides is 1. The number of allylic oxidation sites excluding steroid dienone is 6. The number of nitrogens with zero attached hydrogens (tertiary/aromatic N) is 1. The standard InChI is InChI=1S/C58H88NO17.Y/c1-34-18-14-13-15-19-35(2)47(70-10)30-43-23-21-40(7)58(69,76-43)53(65)54(66)59-25-17-16-20-44(59)55(67)74-48(31-45(62)36(3)27-39(6)51(64)52(72-12)50(63)38(5)26-34)37(4)28-42-22-24-46(49(29-42)71-11)75-56(68)57(9,32-60)33-73-41(8)61;/h13-15,18-19,27,34,36-38,40,42-44,46-49,51-52,60,64,69H,8,16-17,20-26,28-33H2,1-7,9-12H3;/q-1;/b15-13+,18-14+,35-19+,39-27+;/t34-,36-,37-,38-,40-,42+,43+,44+,46-,47+,48+,49-,51-,52+,57?,58-;/m1./s1. The Morgan fingerprint density at radius 1 is 0.896 bits per heavy atom. The van der Waals surface area contributed by atoms with Gasteiger partial charge in [-0.05, 0) is 114 Å². The van der Waals surface area contributed by atoms with Gasteiger partial charge in [0.15, 0.2) is 11.8 Å². The molecule has 2 saturated heterocycles. The Kier molecular flexibility index (Phi) is 27.8. The van der Waals surface area contributed by atoms with E-state index in [4.69, 9.17) is 33.2 Å². The number of Topliss-reactive ketones (excluding diaryl/α,β-unsaturated/α-hetero) is 3. The molecule has 1 unspecified atom stereocenters. The van der Waals surface area contributed by atoms with Crippen molar-refractivity contribution in [2.45, 2.75) is 187 Å². The number of rotatable bonds is 11. The van der Waals surface area contributed by atoms with Gasteiger partial charge in [0, 0.05) is 91.2 Å². The van der Waals surface area contributed by atoms with Crippen molar-refractivity contribution in [2.24, 2.45) is 40.9 Å². The number of ketones is 3. The Balaban J connectivity index is 0.0000156. The number of piperidine rings is 1. The first-order valence-electron chi connectivity index (χ1n) is 27.1. The van der Waals surface area contributed by atoms with Crippen LogP contribution in [-0.2, 0) is 99.4 Å². The van der Waals surface area contributed by atoms with E-state index >= 15 is 0 Å². The van der Waals surface area contributed by atoms with Crippen molar-refractivity contribution in [3.63, 3.8) is 0 Å². The van der Waals surface area contributed by atoms with Gasteiger partial charge >= 0.3 is 11.9 Å². The zero-order chi connectivity index (χ0) is 56.7. The smallest absolute Gasteiger partial charge is 0.329 e. The quantitative estimate of drug-likeness (QED) is 0.0695. The third kappa shape index (κ3) is 18.5. The average Bonchev–Trinajstić information content (AvgIpc) is 3.39. The SMILES string of the molecule is [CH2-]C(=O)OCC(C)(CO)C(=O)O[C@@H]1CC[C@@H](C[C@@H](C)[C@@H]2CC(=O)[C@H](C)/C=C(\C)[C@@H](O)[C@@H](OC)C(=O)[C@H](C)C[C@H](C)/C=C/C=C/C=C(\C)[C@@H](OC)C[C@@H]3CC[C@@H](C)[C@@](O)(O3)C(=O)C(=O)N3CCCC[C@H]3C(=O)O2)C[C@H]1OC.[Y]. The Hall–Kier alpha value is -3.46. The fourth-order valence-corrected chi connectivity index (χ4v) is 10.9. The number of hydrogen-bond acceptors (Lipinski definition) is 17. The average molecular weight is 1160 g/mol. The first kappa shape index (κ1) is 67.8. The molecule has 2 bridgehead atoms. The van der Waals surface area contributed by atoms with Crippen LogP contribution in [0.2, 0.25) is 0 Å². The van der Waals surface area contributed by atoms with Crippen molar-refractivity contribution in [2.75, 3.05) is 41.1 Å². The second-order valence-corrected chi connectivity index (χ2v) is 22.3. The van der Waals surface area contributed by atoms with E-state index in [1.165, 1.54) is 21.1 Å². The van der Waals surface area contributed by atoms with Gasteiger partial charge in [-0.25, -0.2) is 4.79 Å². The summed E-state index contributed by atoms with van der Waals surface area (Å²) in [6.45, 7) is 16.0. The zero-order valence-electron chi connectivity index (χ0n) is 47.4. The van der Waals surface area contributed by atoms with Gasteiger partial charge < -0.3 is 53.4 Å². The summed E-state index contributed by atoms with van der Waals surface area (Å²) < 4.78 is 40.5. The van der Waals surface area contributed by atoms with Crippen LogP contribution in [-0.4, -0.2) is 157 Å². The number of cyclic esters (lactones) is 1. The monoisotopic (exact) mass is 1160 g/mol. The minimum absolute atomic E-state index is 0. The largest absolute Gasteiger partial charge is 0.487 e. The fourth-order valence-electron chi connectivity index (χ4n) is 10.9. The molecule has 0 spiro atoms. The number of ether oxygens (including phenoxy) is 7. The molecule has 4 aliphatic rings. The predicted molar refractivity (Wildman–Crippen MR) is 281 cm³/mol. The van der Waals surface area contributed by atoms with Gasteiger partial charge in [0.25, 0.3) is 11.7 Å². The molecule has 4 rings (SSSR count). The summed E-state index contributed by atoms with van der Waals surface area (Å²) in [5.41, 5.74) is -0.341. The number of fused-ring (bicyclic) bond motifs is 3. The second-order valence-electron chi connectivity index (χ2n) is 22.3. The summed E-state index contributed by atoms with van der Waals surface area (Å²) >= 11 is 0. The first-order valence-corrected chi connectivity index (χ1v) is 27.1. The molecule has 19 heteroatoms. The Labute approximate surface area is 481 Å². The van der Waals surface area contributed by atoms with Crippen LogP contribution < -0.4 is 0 Å². The molecule has 3 aliphatic heterocycles. The molecule has 16 atom stereocenters. The summed E-state index contributed by atoms with van der Waals surface area (Å²) in [5.74, 6) is -10.4. The van der Waals surface area contributed by atoms with Gasteiger partial charge in [-0.2, -0.15) is 0 Å². The van der Waals surface area contributed by atoms with Crippen LogP contribution in [0.15, 0.2) is 47.6 Å². The molecular weight excluding hydrogens is 1070 g/mol. The van der Waals surface area contributed by atoms with E-state index in [0.29, 0.717) is 63.4 Å². The molecule has 1 aliphatic carbocycles. The molecule has 3 N–H and O–H groups in total. The van der Waals surface area contributed by atoms with Crippen molar-refractivity contribution >= 4 is 41.2 Å². The molecule has 1 amide bonds. The van der Waals surface area contributed by atoms with Crippen molar-refractivity contribution in [3.8, 4) is 0 Å². The Morgan fingerprint density at radius 2 is 1.60 bits per heavy atom. The van der Waals surface area contributed by atoms with Crippen LogP contribution in [0.25, 0.3) is 0 Å². The van der Waals surface area contributed by atoms with Crippen molar-refractivity contribution in [1.29, 1.82) is 0 Å².